The Hall–Kier alpha value is -1.85. The van der Waals surface area contributed by atoms with Crippen LogP contribution in [0.1, 0.15) is 0 Å². The van der Waals surface area contributed by atoms with E-state index in [9.17, 15) is 14.4 Å². The van der Waals surface area contributed by atoms with E-state index in [1.165, 1.54) is 14.2 Å². The molecular weight excluding hydrogens is 240 g/mol. The van der Waals surface area contributed by atoms with Crippen LogP contribution in [0.3, 0.4) is 0 Å². The van der Waals surface area contributed by atoms with Gasteiger partial charge < -0.3 is 14.2 Å². The van der Waals surface area contributed by atoms with Crippen molar-refractivity contribution in [3.05, 3.63) is 12.2 Å². The number of methoxy groups -OCH3 is 2. The van der Waals surface area contributed by atoms with Gasteiger partial charge in [-0.05, 0) is 0 Å². The smallest absolute Gasteiger partial charge is 0.313 e. The molecule has 6 heteroatoms. The van der Waals surface area contributed by atoms with Gasteiger partial charge in [0.1, 0.15) is 0 Å². The first-order valence-corrected chi connectivity index (χ1v) is 5.60. The van der Waals surface area contributed by atoms with Gasteiger partial charge >= 0.3 is 17.9 Å². The minimum atomic E-state index is -0.868. The van der Waals surface area contributed by atoms with Crippen LogP contribution in [0.15, 0.2) is 12.2 Å². The molecule has 0 unspecified atom stereocenters. The Balaban J connectivity index is 2.36. The minimum absolute atomic E-state index is 0.178. The maximum Gasteiger partial charge on any atom is 0.313 e. The van der Waals surface area contributed by atoms with Crippen LogP contribution in [-0.2, 0) is 28.6 Å². The Morgan fingerprint density at radius 1 is 1.22 bits per heavy atom. The van der Waals surface area contributed by atoms with Crippen molar-refractivity contribution >= 4 is 17.9 Å². The quantitative estimate of drug-likeness (QED) is 0.390. The second-order valence-corrected chi connectivity index (χ2v) is 4.30. The highest BCUT2D eigenvalue weighted by atomic mass is 16.5. The van der Waals surface area contributed by atoms with Crippen LogP contribution in [0, 0.1) is 23.7 Å². The minimum Gasteiger partial charge on any atom is -0.469 e. The third-order valence-electron chi connectivity index (χ3n) is 3.44. The van der Waals surface area contributed by atoms with Gasteiger partial charge in [-0.25, -0.2) is 0 Å². The summed E-state index contributed by atoms with van der Waals surface area (Å²) in [7, 11) is 2.47. The largest absolute Gasteiger partial charge is 0.469 e. The van der Waals surface area contributed by atoms with E-state index < -0.39 is 35.7 Å². The number of esters is 3. The Morgan fingerprint density at radius 2 is 1.89 bits per heavy atom. The maximum absolute atomic E-state index is 11.8. The summed E-state index contributed by atoms with van der Waals surface area (Å²) in [5.41, 5.74) is 0. The van der Waals surface area contributed by atoms with Gasteiger partial charge in [0.15, 0.2) is 0 Å². The first-order valence-electron chi connectivity index (χ1n) is 5.60. The molecule has 0 bridgehead atoms. The van der Waals surface area contributed by atoms with Crippen LogP contribution in [0.5, 0.6) is 0 Å². The van der Waals surface area contributed by atoms with Crippen LogP contribution >= 0.6 is 0 Å². The van der Waals surface area contributed by atoms with Gasteiger partial charge in [0.05, 0.1) is 38.6 Å². The van der Waals surface area contributed by atoms with Gasteiger partial charge in [-0.1, -0.05) is 12.2 Å². The Morgan fingerprint density at radius 3 is 2.50 bits per heavy atom. The van der Waals surface area contributed by atoms with Crippen LogP contribution in [0.4, 0.5) is 0 Å². The lowest BCUT2D eigenvalue weighted by molar-refractivity contribution is -0.162. The number of rotatable bonds is 2. The molecule has 1 aliphatic carbocycles. The second kappa shape index (κ2) is 4.80. The highest BCUT2D eigenvalue weighted by Gasteiger charge is 2.52. The summed E-state index contributed by atoms with van der Waals surface area (Å²) < 4.78 is 14.3. The highest BCUT2D eigenvalue weighted by molar-refractivity contribution is 5.89. The molecule has 6 nitrogen and oxygen atoms in total. The Labute approximate surface area is 104 Å². The van der Waals surface area contributed by atoms with Crippen LogP contribution in [0.25, 0.3) is 0 Å². The van der Waals surface area contributed by atoms with E-state index in [1.54, 1.807) is 12.2 Å². The molecule has 0 aromatic heterocycles. The fourth-order valence-corrected chi connectivity index (χ4v) is 2.54. The van der Waals surface area contributed by atoms with E-state index >= 15 is 0 Å². The molecule has 0 saturated carbocycles. The van der Waals surface area contributed by atoms with Crippen LogP contribution < -0.4 is 0 Å². The molecule has 0 aromatic rings. The lowest BCUT2D eigenvalue weighted by atomic mass is 9.71. The molecular formula is C12H14O6. The number of cyclic esters (lactones) is 1. The van der Waals surface area contributed by atoms with Gasteiger partial charge in [-0.15, -0.1) is 0 Å². The molecule has 1 fully saturated rings. The van der Waals surface area contributed by atoms with E-state index in [2.05, 4.69) is 9.47 Å². The van der Waals surface area contributed by atoms with Gasteiger partial charge in [0, 0.05) is 5.92 Å². The molecule has 0 radical (unpaired) electrons. The normalized spacial score (nSPS) is 33.6. The van der Waals surface area contributed by atoms with Crippen molar-refractivity contribution in [2.24, 2.45) is 23.7 Å². The zero-order valence-corrected chi connectivity index (χ0v) is 10.1. The van der Waals surface area contributed by atoms with Crippen molar-refractivity contribution in [1.29, 1.82) is 0 Å². The molecule has 2 rings (SSSR count). The highest BCUT2D eigenvalue weighted by Crippen LogP contribution is 2.40. The van der Waals surface area contributed by atoms with Gasteiger partial charge in [0.25, 0.3) is 0 Å². The lowest BCUT2D eigenvalue weighted by Gasteiger charge is -2.29. The third kappa shape index (κ3) is 1.87. The first-order chi connectivity index (χ1) is 8.60. The van der Waals surface area contributed by atoms with E-state index in [1.807, 2.05) is 0 Å². The topological polar surface area (TPSA) is 78.9 Å². The number of hydrogen-bond acceptors (Lipinski definition) is 6. The van der Waals surface area contributed by atoms with E-state index in [0.717, 1.165) is 0 Å². The summed E-state index contributed by atoms with van der Waals surface area (Å²) in [4.78, 5) is 35.2. The average molecular weight is 254 g/mol. The Kier molecular flexibility index (Phi) is 3.36. The van der Waals surface area contributed by atoms with Crippen molar-refractivity contribution < 1.29 is 28.6 Å². The van der Waals surface area contributed by atoms with Crippen molar-refractivity contribution in [1.82, 2.24) is 0 Å². The second-order valence-electron chi connectivity index (χ2n) is 4.30. The summed E-state index contributed by atoms with van der Waals surface area (Å²) in [5.74, 6) is -4.12. The van der Waals surface area contributed by atoms with E-state index in [4.69, 9.17) is 4.74 Å². The van der Waals surface area contributed by atoms with Crippen molar-refractivity contribution in [3.63, 3.8) is 0 Å². The predicted octanol–water partition coefficient (Wildman–Crippen LogP) is -0.0762. The molecule has 4 atom stereocenters. The molecule has 0 aromatic carbocycles. The summed E-state index contributed by atoms with van der Waals surface area (Å²) in [5, 5.41) is 0. The molecule has 98 valence electrons. The fourth-order valence-electron chi connectivity index (χ4n) is 2.54. The molecule has 1 aliphatic heterocycles. The van der Waals surface area contributed by atoms with Crippen LogP contribution in [-0.4, -0.2) is 38.7 Å². The predicted molar refractivity (Wildman–Crippen MR) is 58.1 cm³/mol. The summed E-state index contributed by atoms with van der Waals surface area (Å²) >= 11 is 0. The zero-order chi connectivity index (χ0) is 13.3. The number of hydrogen-bond donors (Lipinski definition) is 0. The fraction of sp³-hybridized carbons (Fsp3) is 0.583. The number of carbonyl (C=O) groups excluding carboxylic acids is 3. The molecule has 18 heavy (non-hydrogen) atoms. The van der Waals surface area contributed by atoms with E-state index in [-0.39, 0.29) is 12.5 Å². The van der Waals surface area contributed by atoms with Crippen molar-refractivity contribution in [2.45, 2.75) is 0 Å². The summed E-state index contributed by atoms with van der Waals surface area (Å²) in [6, 6.07) is 0. The molecule has 0 spiro atoms. The monoisotopic (exact) mass is 254 g/mol. The average Bonchev–Trinajstić information content (AvgIpc) is 2.77. The molecule has 0 amide bonds. The molecule has 0 N–H and O–H groups in total. The number of ether oxygens (including phenoxy) is 3. The zero-order valence-electron chi connectivity index (χ0n) is 10.1. The van der Waals surface area contributed by atoms with Gasteiger partial charge in [-0.2, -0.15) is 0 Å². The Bertz CT molecular complexity index is 413. The summed E-state index contributed by atoms with van der Waals surface area (Å²) in [6.07, 6.45) is 3.33. The summed E-state index contributed by atoms with van der Waals surface area (Å²) in [6.45, 7) is 0.237. The molecule has 1 saturated heterocycles. The number of carbonyl (C=O) groups is 3. The molecule has 2 aliphatic rings. The SMILES string of the molecule is COC(=O)[C@@H]1[C@@H]2C(=O)OC[C@H]2C=C[C@H]1C(=O)OC. The standard InChI is InChI=1S/C12H14O6/c1-16-10(13)7-4-3-6-5-18-12(15)8(6)9(7)11(14)17-2/h3-4,6-9H,5H2,1-2H3/t6-,7-,8-,9+/m1/s1. The van der Waals surface area contributed by atoms with Gasteiger partial charge in [0.2, 0.25) is 0 Å². The maximum atomic E-state index is 11.8. The first kappa shape index (κ1) is 12.6. The van der Waals surface area contributed by atoms with Crippen molar-refractivity contribution in [2.75, 3.05) is 20.8 Å². The number of fused-ring (bicyclic) bond motifs is 1. The van der Waals surface area contributed by atoms with E-state index in [0.29, 0.717) is 0 Å². The van der Waals surface area contributed by atoms with Crippen molar-refractivity contribution in [3.8, 4) is 0 Å². The lowest BCUT2D eigenvalue weighted by Crippen LogP contribution is -2.42. The van der Waals surface area contributed by atoms with Crippen LogP contribution in [0.2, 0.25) is 0 Å². The van der Waals surface area contributed by atoms with Gasteiger partial charge in [-0.3, -0.25) is 14.4 Å². The third-order valence-corrected chi connectivity index (χ3v) is 3.44. The molecule has 1 heterocycles.